The van der Waals surface area contributed by atoms with Crippen molar-refractivity contribution in [2.45, 2.75) is 59.2 Å². The summed E-state index contributed by atoms with van der Waals surface area (Å²) in [6, 6.07) is 13.0. The quantitative estimate of drug-likeness (QED) is 0.284. The molecule has 0 fully saturated rings. The van der Waals surface area contributed by atoms with Crippen molar-refractivity contribution in [3.8, 4) is 0 Å². The number of halogens is 3. The second-order valence-corrected chi connectivity index (χ2v) is 7.89. The van der Waals surface area contributed by atoms with Gasteiger partial charge >= 0.3 is 6.18 Å². The Kier molecular flexibility index (Phi) is 12.7. The minimum atomic E-state index is -4.45. The van der Waals surface area contributed by atoms with Crippen LogP contribution in [-0.2, 0) is 12.7 Å². The summed E-state index contributed by atoms with van der Waals surface area (Å²) in [7, 11) is 0. The van der Waals surface area contributed by atoms with E-state index in [1.165, 1.54) is 31.4 Å². The summed E-state index contributed by atoms with van der Waals surface area (Å²) in [5, 5.41) is 3.07. The zero-order valence-electron chi connectivity index (χ0n) is 20.4. The van der Waals surface area contributed by atoms with E-state index in [0.717, 1.165) is 17.2 Å². The van der Waals surface area contributed by atoms with Crippen molar-refractivity contribution >= 4 is 11.5 Å². The van der Waals surface area contributed by atoms with E-state index in [1.807, 2.05) is 31.2 Å². The highest BCUT2D eigenvalue weighted by Crippen LogP contribution is 2.32. The normalized spacial score (nSPS) is 12.1. The summed E-state index contributed by atoms with van der Waals surface area (Å²) in [4.78, 5) is 4.33. The van der Waals surface area contributed by atoms with E-state index in [9.17, 15) is 13.2 Å². The number of benzene rings is 2. The topological polar surface area (TPSA) is 76.4 Å². The van der Waals surface area contributed by atoms with Gasteiger partial charge in [-0.05, 0) is 43.2 Å². The van der Waals surface area contributed by atoms with Crippen LogP contribution in [0.4, 0.5) is 13.2 Å². The maximum absolute atomic E-state index is 13.2. The lowest BCUT2D eigenvalue weighted by molar-refractivity contribution is -0.138. The number of hydrogen-bond donors (Lipinski definition) is 3. The van der Waals surface area contributed by atoms with Crippen molar-refractivity contribution in [2.24, 2.45) is 16.5 Å². The molecule has 186 valence electrons. The van der Waals surface area contributed by atoms with Gasteiger partial charge in [-0.25, -0.2) is 0 Å². The predicted octanol–water partition coefficient (Wildman–Crippen LogP) is 6.56. The number of hydrogen-bond acceptors (Lipinski definition) is 3. The van der Waals surface area contributed by atoms with Crippen LogP contribution in [0, 0.1) is 6.92 Å². The van der Waals surface area contributed by atoms with Gasteiger partial charge in [-0.2, -0.15) is 13.2 Å². The lowest BCUT2D eigenvalue weighted by Crippen LogP contribution is -2.22. The first-order valence-corrected chi connectivity index (χ1v) is 11.5. The van der Waals surface area contributed by atoms with Gasteiger partial charge in [0, 0.05) is 17.0 Å². The molecule has 0 aromatic heterocycles. The molecule has 0 saturated heterocycles. The first-order valence-electron chi connectivity index (χ1n) is 11.5. The van der Waals surface area contributed by atoms with Gasteiger partial charge in [0.25, 0.3) is 0 Å². The number of nitrogens with two attached hydrogens (primary N) is 2. The van der Waals surface area contributed by atoms with Crippen molar-refractivity contribution in [1.82, 2.24) is 5.32 Å². The summed E-state index contributed by atoms with van der Waals surface area (Å²) in [6.45, 7) is 10.6. The number of nitrogens with one attached hydrogen (secondary N) is 1. The maximum atomic E-state index is 13.2. The molecule has 0 saturated carbocycles. The standard InChI is InChI=1S/C22H25F3N4.C5H12/c1-15-7-3-5-9-19(15)16(2)29-21(13-18(27)11-12-26)28-14-17-8-4-6-10-20(17)22(23,24)25;1-3-5-4-2/h3-10,13H,2,11-12,14,26-27H2,1H3,(H,28,29);3-5H2,1-2H3/b18-13-;. The molecule has 7 heteroatoms. The lowest BCUT2D eigenvalue weighted by Gasteiger charge is -2.14. The monoisotopic (exact) mass is 474 g/mol. The van der Waals surface area contributed by atoms with Crippen molar-refractivity contribution < 1.29 is 13.2 Å². The minimum absolute atomic E-state index is 0.0756. The Bertz CT molecular complexity index is 960. The van der Waals surface area contributed by atoms with E-state index in [2.05, 4.69) is 30.7 Å². The van der Waals surface area contributed by atoms with Crippen LogP contribution in [-0.4, -0.2) is 12.4 Å². The second-order valence-electron chi connectivity index (χ2n) is 7.89. The summed E-state index contributed by atoms with van der Waals surface area (Å²) >= 11 is 0. The number of alkyl halides is 3. The SMILES string of the molecule is C=C(NC(/C=C(\N)CCN)=NCc1ccccc1C(F)(F)F)c1ccccc1C.CCCCC. The van der Waals surface area contributed by atoms with Gasteiger partial charge in [-0.3, -0.25) is 4.99 Å². The molecule has 34 heavy (non-hydrogen) atoms. The van der Waals surface area contributed by atoms with Crippen LogP contribution in [0.25, 0.3) is 5.70 Å². The van der Waals surface area contributed by atoms with Crippen LogP contribution in [0.5, 0.6) is 0 Å². The minimum Gasteiger partial charge on any atom is -0.402 e. The van der Waals surface area contributed by atoms with Crippen LogP contribution >= 0.6 is 0 Å². The molecule has 4 nitrogen and oxygen atoms in total. The third-order valence-corrected chi connectivity index (χ3v) is 4.95. The Labute approximate surface area is 201 Å². The Balaban J connectivity index is 0.00000104. The molecule has 0 unspecified atom stereocenters. The molecule has 0 atom stereocenters. The predicted molar refractivity (Wildman–Crippen MR) is 137 cm³/mol. The molecule has 2 rings (SSSR count). The van der Waals surface area contributed by atoms with Gasteiger partial charge in [0.15, 0.2) is 0 Å². The smallest absolute Gasteiger partial charge is 0.402 e. The van der Waals surface area contributed by atoms with Crippen LogP contribution in [0.15, 0.2) is 71.9 Å². The lowest BCUT2D eigenvalue weighted by atomic mass is 10.1. The van der Waals surface area contributed by atoms with Gasteiger partial charge in [0.2, 0.25) is 0 Å². The first kappa shape index (κ1) is 29.0. The average molecular weight is 475 g/mol. The Morgan fingerprint density at radius 1 is 1.06 bits per heavy atom. The van der Waals surface area contributed by atoms with Crippen molar-refractivity contribution in [3.05, 3.63) is 89.1 Å². The van der Waals surface area contributed by atoms with Gasteiger partial charge in [0.1, 0.15) is 5.84 Å². The van der Waals surface area contributed by atoms with Gasteiger partial charge < -0.3 is 16.8 Å². The molecule has 0 spiro atoms. The largest absolute Gasteiger partial charge is 0.416 e. The molecule has 0 radical (unpaired) electrons. The molecule has 0 amide bonds. The number of rotatable bonds is 9. The third-order valence-electron chi connectivity index (χ3n) is 4.95. The summed E-state index contributed by atoms with van der Waals surface area (Å²) in [5.74, 6) is 0.321. The zero-order valence-corrected chi connectivity index (χ0v) is 20.4. The third kappa shape index (κ3) is 10.3. The van der Waals surface area contributed by atoms with Crippen molar-refractivity contribution in [2.75, 3.05) is 6.54 Å². The second kappa shape index (κ2) is 15.0. The fourth-order valence-corrected chi connectivity index (χ4v) is 3.13. The number of aliphatic imine (C=N–C) groups is 1. The van der Waals surface area contributed by atoms with E-state index in [-0.39, 0.29) is 12.1 Å². The molecule has 0 aliphatic rings. The molecule has 2 aromatic carbocycles. The first-order chi connectivity index (χ1) is 16.1. The molecule has 0 heterocycles. The number of unbranched alkanes of at least 4 members (excludes halogenated alkanes) is 2. The highest BCUT2D eigenvalue weighted by atomic mass is 19.4. The van der Waals surface area contributed by atoms with E-state index < -0.39 is 11.7 Å². The molecule has 0 aliphatic heterocycles. The Hall–Kier alpha value is -3.06. The molecule has 0 bridgehead atoms. The molecule has 0 aliphatic carbocycles. The van der Waals surface area contributed by atoms with Gasteiger partial charge in [-0.15, -0.1) is 0 Å². The summed E-state index contributed by atoms with van der Waals surface area (Å²) in [5.41, 5.74) is 13.8. The molecule has 5 N–H and O–H groups in total. The van der Waals surface area contributed by atoms with Crippen molar-refractivity contribution in [3.63, 3.8) is 0 Å². The fraction of sp³-hybridized carbons (Fsp3) is 0.370. The highest BCUT2D eigenvalue weighted by molar-refractivity contribution is 5.99. The zero-order chi connectivity index (χ0) is 25.6. The average Bonchev–Trinajstić information content (AvgIpc) is 2.78. The number of aryl methyl sites for hydroxylation is 1. The van der Waals surface area contributed by atoms with E-state index in [4.69, 9.17) is 11.5 Å². The van der Waals surface area contributed by atoms with Crippen LogP contribution in [0.2, 0.25) is 0 Å². The molecule has 2 aromatic rings. The molecular formula is C27H37F3N4. The van der Waals surface area contributed by atoms with Crippen molar-refractivity contribution in [1.29, 1.82) is 0 Å². The highest BCUT2D eigenvalue weighted by Gasteiger charge is 2.32. The maximum Gasteiger partial charge on any atom is 0.416 e. The van der Waals surface area contributed by atoms with Crippen LogP contribution < -0.4 is 16.8 Å². The van der Waals surface area contributed by atoms with E-state index >= 15 is 0 Å². The van der Waals surface area contributed by atoms with Crippen LogP contribution in [0.3, 0.4) is 0 Å². The number of nitrogens with zero attached hydrogens (tertiary/aromatic N) is 1. The van der Waals surface area contributed by atoms with Gasteiger partial charge in [0.05, 0.1) is 12.1 Å². The van der Waals surface area contributed by atoms with Gasteiger partial charge in [-0.1, -0.05) is 82.2 Å². The Morgan fingerprint density at radius 2 is 1.68 bits per heavy atom. The molecular weight excluding hydrogens is 437 g/mol. The fourth-order valence-electron chi connectivity index (χ4n) is 3.13. The van der Waals surface area contributed by atoms with Crippen LogP contribution in [0.1, 0.15) is 61.8 Å². The number of amidine groups is 1. The Morgan fingerprint density at radius 3 is 2.24 bits per heavy atom. The summed E-state index contributed by atoms with van der Waals surface area (Å²) < 4.78 is 39.7. The van der Waals surface area contributed by atoms with E-state index in [1.54, 1.807) is 12.1 Å². The van der Waals surface area contributed by atoms with E-state index in [0.29, 0.717) is 30.2 Å². The summed E-state index contributed by atoms with van der Waals surface area (Å²) in [6.07, 6.45) is 1.65.